The number of rotatable bonds is 4. The van der Waals surface area contributed by atoms with Gasteiger partial charge in [-0.2, -0.15) is 5.26 Å². The maximum absolute atomic E-state index is 12.8. The van der Waals surface area contributed by atoms with Crippen molar-refractivity contribution < 1.29 is 14.0 Å². The molecule has 0 aliphatic carbocycles. The Morgan fingerprint density at radius 3 is 2.96 bits per heavy atom. The van der Waals surface area contributed by atoms with Crippen molar-refractivity contribution in [2.24, 2.45) is 5.92 Å². The van der Waals surface area contributed by atoms with Gasteiger partial charge in [-0.25, -0.2) is 4.98 Å². The molecule has 24 heavy (non-hydrogen) atoms. The predicted molar refractivity (Wildman–Crippen MR) is 87.0 cm³/mol. The number of ketones is 1. The van der Waals surface area contributed by atoms with Gasteiger partial charge in [0.1, 0.15) is 5.52 Å². The summed E-state index contributed by atoms with van der Waals surface area (Å²) >= 11 is 0. The summed E-state index contributed by atoms with van der Waals surface area (Å²) in [6.07, 6.45) is 1.88. The molecule has 0 spiro atoms. The fourth-order valence-corrected chi connectivity index (χ4v) is 3.15. The third kappa shape index (κ3) is 3.02. The first-order valence-electron chi connectivity index (χ1n) is 8.20. The Kier molecular flexibility index (Phi) is 4.61. The van der Waals surface area contributed by atoms with Gasteiger partial charge in [-0.1, -0.05) is 19.1 Å². The molecule has 1 aliphatic rings. The number of hydrogen-bond donors (Lipinski definition) is 0. The van der Waals surface area contributed by atoms with Crippen molar-refractivity contribution in [1.29, 1.82) is 5.26 Å². The Morgan fingerprint density at radius 2 is 2.25 bits per heavy atom. The van der Waals surface area contributed by atoms with Crippen LogP contribution in [0.3, 0.4) is 0 Å². The third-order valence-corrected chi connectivity index (χ3v) is 4.45. The Morgan fingerprint density at radius 1 is 1.46 bits per heavy atom. The van der Waals surface area contributed by atoms with Gasteiger partial charge in [-0.05, 0) is 25.0 Å². The number of oxazole rings is 1. The van der Waals surface area contributed by atoms with Gasteiger partial charge in [0.25, 0.3) is 0 Å². The van der Waals surface area contributed by atoms with E-state index in [4.69, 9.17) is 4.42 Å². The van der Waals surface area contributed by atoms with Crippen LogP contribution in [0.2, 0.25) is 0 Å². The van der Waals surface area contributed by atoms with E-state index in [0.29, 0.717) is 37.0 Å². The normalized spacial score (nSPS) is 19.0. The van der Waals surface area contributed by atoms with Crippen LogP contribution in [0.4, 0.5) is 0 Å². The Hall–Kier alpha value is -2.68. The van der Waals surface area contributed by atoms with Gasteiger partial charge in [0, 0.05) is 25.4 Å². The van der Waals surface area contributed by atoms with E-state index in [1.807, 2.05) is 25.1 Å². The average molecular weight is 325 g/mol. The summed E-state index contributed by atoms with van der Waals surface area (Å²) in [4.78, 5) is 30.7. The second-order valence-electron chi connectivity index (χ2n) is 6.02. The van der Waals surface area contributed by atoms with Gasteiger partial charge < -0.3 is 9.32 Å². The lowest BCUT2D eigenvalue weighted by molar-refractivity contribution is -0.135. The molecular formula is C18H19N3O3. The smallest absolute Gasteiger partial charge is 0.222 e. The van der Waals surface area contributed by atoms with Gasteiger partial charge in [-0.3, -0.25) is 9.59 Å². The largest absolute Gasteiger partial charge is 0.439 e. The van der Waals surface area contributed by atoms with Gasteiger partial charge in [-0.15, -0.1) is 0 Å². The van der Waals surface area contributed by atoms with Crippen LogP contribution in [0.5, 0.6) is 0 Å². The number of carbonyl (C=O) groups excluding carboxylic acids is 2. The van der Waals surface area contributed by atoms with Crippen LogP contribution < -0.4 is 0 Å². The number of para-hydroxylation sites is 2. The summed E-state index contributed by atoms with van der Waals surface area (Å²) < 4.78 is 5.59. The summed E-state index contributed by atoms with van der Waals surface area (Å²) in [7, 11) is 0. The van der Waals surface area contributed by atoms with Crippen LogP contribution in [0, 0.1) is 17.2 Å². The zero-order valence-electron chi connectivity index (χ0n) is 13.6. The molecule has 1 saturated heterocycles. The molecular weight excluding hydrogens is 306 g/mol. The average Bonchev–Trinajstić information content (AvgIpc) is 3.05. The van der Waals surface area contributed by atoms with Crippen molar-refractivity contribution in [2.75, 3.05) is 13.1 Å². The molecule has 6 heteroatoms. The van der Waals surface area contributed by atoms with E-state index in [-0.39, 0.29) is 23.5 Å². The molecule has 6 nitrogen and oxygen atoms in total. The first kappa shape index (κ1) is 16.2. The van der Waals surface area contributed by atoms with E-state index in [9.17, 15) is 14.9 Å². The van der Waals surface area contributed by atoms with Crippen LogP contribution in [0.1, 0.15) is 38.0 Å². The number of carbonyl (C=O) groups is 2. The minimum Gasteiger partial charge on any atom is -0.439 e. The van der Waals surface area contributed by atoms with Crippen LogP contribution in [0.15, 0.2) is 28.7 Å². The maximum Gasteiger partial charge on any atom is 0.222 e. The molecule has 2 atom stereocenters. The summed E-state index contributed by atoms with van der Waals surface area (Å²) in [6.45, 7) is 2.87. The summed E-state index contributed by atoms with van der Waals surface area (Å²) in [5.74, 6) is -1.39. The molecule has 1 amide bonds. The van der Waals surface area contributed by atoms with Crippen molar-refractivity contribution in [1.82, 2.24) is 9.88 Å². The second kappa shape index (κ2) is 6.83. The number of aromatic nitrogens is 1. The van der Waals surface area contributed by atoms with E-state index < -0.39 is 5.92 Å². The Bertz CT molecular complexity index is 772. The van der Waals surface area contributed by atoms with Gasteiger partial charge in [0.05, 0.1) is 6.07 Å². The van der Waals surface area contributed by atoms with E-state index in [0.717, 1.165) is 6.42 Å². The van der Waals surface area contributed by atoms with Crippen LogP contribution in [-0.4, -0.2) is 34.7 Å². The molecule has 1 aromatic heterocycles. The van der Waals surface area contributed by atoms with E-state index in [1.165, 1.54) is 0 Å². The van der Waals surface area contributed by atoms with E-state index >= 15 is 0 Å². The monoisotopic (exact) mass is 325 g/mol. The number of likely N-dealkylation sites (tertiary alicyclic amines) is 1. The highest BCUT2D eigenvalue weighted by Gasteiger charge is 2.35. The molecule has 3 rings (SSSR count). The molecule has 124 valence electrons. The molecule has 1 fully saturated rings. The van der Waals surface area contributed by atoms with E-state index in [2.05, 4.69) is 4.98 Å². The molecule has 1 aliphatic heterocycles. The number of amides is 1. The molecule has 0 radical (unpaired) electrons. The van der Waals surface area contributed by atoms with Gasteiger partial charge >= 0.3 is 0 Å². The number of fused-ring (bicyclic) bond motifs is 1. The fourth-order valence-electron chi connectivity index (χ4n) is 3.15. The highest BCUT2D eigenvalue weighted by molar-refractivity contribution is 5.91. The first-order chi connectivity index (χ1) is 11.6. The highest BCUT2D eigenvalue weighted by Crippen LogP contribution is 2.28. The minimum absolute atomic E-state index is 0.0443. The molecule has 0 bridgehead atoms. The number of nitrogens with zero attached hydrogens (tertiary/aromatic N) is 3. The summed E-state index contributed by atoms with van der Waals surface area (Å²) in [6, 6.07) is 9.21. The standard InChI is InChI=1S/C18H19N3O3/c1-2-16(22)21-9-5-6-12(11-21)17(23)13(10-19)18-20-14-7-3-4-8-15(14)24-18/h3-4,7-8,12-13H,2,5-6,9,11H2,1H3. The Balaban J connectivity index is 1.81. The van der Waals surface area contributed by atoms with Crippen LogP contribution in [-0.2, 0) is 9.59 Å². The molecule has 2 aromatic rings. The molecule has 1 aromatic carbocycles. The molecule has 0 saturated carbocycles. The van der Waals surface area contributed by atoms with Crippen molar-refractivity contribution >= 4 is 22.8 Å². The second-order valence-corrected chi connectivity index (χ2v) is 6.02. The lowest BCUT2D eigenvalue weighted by atomic mass is 9.87. The van der Waals surface area contributed by atoms with Crippen LogP contribution in [0.25, 0.3) is 11.1 Å². The van der Waals surface area contributed by atoms with Gasteiger partial charge in [0.2, 0.25) is 11.8 Å². The van der Waals surface area contributed by atoms with Gasteiger partial charge in [0.15, 0.2) is 17.3 Å². The number of hydrogen-bond acceptors (Lipinski definition) is 5. The van der Waals surface area contributed by atoms with Crippen molar-refractivity contribution in [3.05, 3.63) is 30.2 Å². The lowest BCUT2D eigenvalue weighted by Crippen LogP contribution is -2.43. The lowest BCUT2D eigenvalue weighted by Gasteiger charge is -2.32. The number of Topliss-reactive ketones (excluding diaryl/α,β-unsaturated/α-hetero) is 1. The maximum atomic E-state index is 12.8. The molecule has 0 N–H and O–H groups in total. The molecule has 2 unspecified atom stereocenters. The Labute approximate surface area is 140 Å². The van der Waals surface area contributed by atoms with Crippen molar-refractivity contribution in [3.63, 3.8) is 0 Å². The van der Waals surface area contributed by atoms with Crippen molar-refractivity contribution in [2.45, 2.75) is 32.1 Å². The first-order valence-corrected chi connectivity index (χ1v) is 8.20. The quantitative estimate of drug-likeness (QED) is 0.862. The summed E-state index contributed by atoms with van der Waals surface area (Å²) in [5.41, 5.74) is 1.19. The van der Waals surface area contributed by atoms with E-state index in [1.54, 1.807) is 17.0 Å². The zero-order chi connectivity index (χ0) is 17.1. The van der Waals surface area contributed by atoms with Crippen LogP contribution >= 0.6 is 0 Å². The zero-order valence-corrected chi connectivity index (χ0v) is 13.6. The summed E-state index contributed by atoms with van der Waals surface area (Å²) in [5, 5.41) is 9.48. The number of benzene rings is 1. The number of piperidine rings is 1. The minimum atomic E-state index is -1.03. The molecule has 2 heterocycles. The SMILES string of the molecule is CCC(=O)N1CCCC(C(=O)C(C#N)c2nc3ccccc3o2)C1. The highest BCUT2D eigenvalue weighted by atomic mass is 16.3. The number of nitriles is 1. The fraction of sp³-hybridized carbons (Fsp3) is 0.444. The third-order valence-electron chi connectivity index (χ3n) is 4.45. The van der Waals surface area contributed by atoms with Crippen molar-refractivity contribution in [3.8, 4) is 6.07 Å². The topological polar surface area (TPSA) is 87.2 Å². The predicted octanol–water partition coefficient (Wildman–Crippen LogP) is 2.65.